The zero-order valence-corrected chi connectivity index (χ0v) is 17.0. The van der Waals surface area contributed by atoms with E-state index in [4.69, 9.17) is 0 Å². The molecular formula is C25H30N4. The summed E-state index contributed by atoms with van der Waals surface area (Å²) in [5, 5.41) is 3.81. The smallest absolute Gasteiger partial charge is 0.128 e. The summed E-state index contributed by atoms with van der Waals surface area (Å²) in [6.07, 6.45) is 2.89. The minimum Gasteiger partial charge on any atom is -0.354 e. The van der Waals surface area contributed by atoms with Crippen molar-refractivity contribution in [3.63, 3.8) is 0 Å². The molecule has 1 aromatic heterocycles. The van der Waals surface area contributed by atoms with Gasteiger partial charge in [-0.25, -0.2) is 4.98 Å². The minimum absolute atomic E-state index is 0.341. The van der Waals surface area contributed by atoms with E-state index in [1.54, 1.807) is 0 Å². The number of rotatable bonds is 8. The molecule has 1 fully saturated rings. The summed E-state index contributed by atoms with van der Waals surface area (Å²) in [5.41, 5.74) is 2.73. The molecule has 2 heterocycles. The molecule has 0 aliphatic carbocycles. The van der Waals surface area contributed by atoms with Crippen molar-refractivity contribution in [3.05, 3.63) is 96.2 Å². The Kier molecular flexibility index (Phi) is 6.89. The lowest BCUT2D eigenvalue weighted by Gasteiger charge is -2.35. The molecule has 1 saturated heterocycles. The zero-order chi connectivity index (χ0) is 19.7. The van der Waals surface area contributed by atoms with Crippen LogP contribution in [0.5, 0.6) is 0 Å². The van der Waals surface area contributed by atoms with Crippen molar-refractivity contribution in [1.29, 1.82) is 0 Å². The molecule has 4 heteroatoms. The Morgan fingerprint density at radius 2 is 1.48 bits per heavy atom. The summed E-state index contributed by atoms with van der Waals surface area (Å²) in [5.74, 6) is 1.09. The summed E-state index contributed by atoms with van der Waals surface area (Å²) in [7, 11) is 0. The van der Waals surface area contributed by atoms with Crippen molar-refractivity contribution >= 4 is 5.82 Å². The second-order valence-electron chi connectivity index (χ2n) is 7.62. The second kappa shape index (κ2) is 10.2. The monoisotopic (exact) mass is 386 g/mol. The Balaban J connectivity index is 1.28. The number of hydrogen-bond donors (Lipinski definition) is 1. The number of anilines is 1. The number of aromatic nitrogens is 1. The van der Waals surface area contributed by atoms with Crippen LogP contribution in [0.25, 0.3) is 0 Å². The van der Waals surface area contributed by atoms with Gasteiger partial charge in [-0.3, -0.25) is 4.90 Å². The Hall–Kier alpha value is -2.69. The van der Waals surface area contributed by atoms with Gasteiger partial charge in [-0.1, -0.05) is 66.7 Å². The van der Waals surface area contributed by atoms with Crippen molar-refractivity contribution in [3.8, 4) is 0 Å². The number of nitrogens with zero attached hydrogens (tertiary/aromatic N) is 3. The van der Waals surface area contributed by atoms with Gasteiger partial charge >= 0.3 is 0 Å². The molecule has 1 N–H and O–H groups in total. The molecule has 0 bridgehead atoms. The lowest BCUT2D eigenvalue weighted by molar-refractivity contribution is 0.253. The van der Waals surface area contributed by atoms with E-state index in [-0.39, 0.29) is 0 Å². The maximum absolute atomic E-state index is 4.48. The largest absolute Gasteiger partial charge is 0.354 e. The van der Waals surface area contributed by atoms with Crippen LogP contribution in [-0.4, -0.2) is 49.2 Å². The molecule has 3 aromatic rings. The van der Waals surface area contributed by atoms with Crippen LogP contribution in [0.1, 0.15) is 17.2 Å². The van der Waals surface area contributed by atoms with Gasteiger partial charge in [0.25, 0.3) is 0 Å². The number of piperazine rings is 1. The lowest BCUT2D eigenvalue weighted by Crippen LogP contribution is -2.48. The molecule has 150 valence electrons. The highest BCUT2D eigenvalue weighted by Gasteiger charge is 2.18. The molecule has 4 rings (SSSR count). The van der Waals surface area contributed by atoms with Crippen molar-refractivity contribution < 1.29 is 0 Å². The molecule has 1 atom stereocenters. The van der Waals surface area contributed by atoms with Crippen LogP contribution in [0.3, 0.4) is 0 Å². The summed E-state index contributed by atoms with van der Waals surface area (Å²) in [6.45, 7) is 6.34. The first-order valence-electron chi connectivity index (χ1n) is 10.6. The molecule has 2 aromatic carbocycles. The van der Waals surface area contributed by atoms with Gasteiger partial charge in [0.1, 0.15) is 5.82 Å². The molecule has 4 nitrogen and oxygen atoms in total. The van der Waals surface area contributed by atoms with Gasteiger partial charge in [0.05, 0.1) is 0 Å². The topological polar surface area (TPSA) is 31.4 Å². The zero-order valence-electron chi connectivity index (χ0n) is 17.0. The van der Waals surface area contributed by atoms with Crippen LogP contribution < -0.4 is 10.2 Å². The Morgan fingerprint density at radius 1 is 0.793 bits per heavy atom. The van der Waals surface area contributed by atoms with Gasteiger partial charge in [-0.2, -0.15) is 0 Å². The van der Waals surface area contributed by atoms with Crippen LogP contribution in [0.4, 0.5) is 5.82 Å². The maximum atomic E-state index is 4.48. The first kappa shape index (κ1) is 19.6. The molecule has 0 saturated carbocycles. The Morgan fingerprint density at radius 3 is 2.17 bits per heavy atom. The van der Waals surface area contributed by atoms with Crippen molar-refractivity contribution in [2.75, 3.05) is 44.2 Å². The third kappa shape index (κ3) is 5.66. The molecule has 0 radical (unpaired) electrons. The molecular weight excluding hydrogens is 356 g/mol. The van der Waals surface area contributed by atoms with Crippen LogP contribution in [0.15, 0.2) is 85.1 Å². The van der Waals surface area contributed by atoms with E-state index in [1.165, 1.54) is 11.1 Å². The first-order valence-corrected chi connectivity index (χ1v) is 10.6. The quantitative estimate of drug-likeness (QED) is 0.638. The Bertz CT molecular complexity index is 830. The molecule has 0 spiro atoms. The fourth-order valence-corrected chi connectivity index (χ4v) is 3.98. The van der Waals surface area contributed by atoms with Gasteiger partial charge in [-0.05, 0) is 29.7 Å². The molecule has 1 aliphatic heterocycles. The van der Waals surface area contributed by atoms with Crippen molar-refractivity contribution in [2.45, 2.75) is 12.5 Å². The van der Waals surface area contributed by atoms with E-state index in [2.05, 4.69) is 92.9 Å². The van der Waals surface area contributed by atoms with Crippen molar-refractivity contribution in [1.82, 2.24) is 15.2 Å². The van der Waals surface area contributed by atoms with E-state index in [0.717, 1.165) is 51.5 Å². The third-order valence-electron chi connectivity index (χ3n) is 5.65. The predicted octanol–water partition coefficient (Wildman–Crippen LogP) is 3.78. The number of nitrogens with one attached hydrogen (secondary N) is 1. The van der Waals surface area contributed by atoms with E-state index >= 15 is 0 Å². The van der Waals surface area contributed by atoms with Crippen molar-refractivity contribution in [2.24, 2.45) is 0 Å². The average molecular weight is 387 g/mol. The van der Waals surface area contributed by atoms with Gasteiger partial charge < -0.3 is 10.2 Å². The van der Waals surface area contributed by atoms with E-state index in [1.807, 2.05) is 12.3 Å². The molecule has 29 heavy (non-hydrogen) atoms. The highest BCUT2D eigenvalue weighted by atomic mass is 15.3. The van der Waals surface area contributed by atoms with Crippen LogP contribution in [0.2, 0.25) is 0 Å². The van der Waals surface area contributed by atoms with Crippen LogP contribution in [0, 0.1) is 0 Å². The number of pyridine rings is 1. The summed E-state index contributed by atoms with van der Waals surface area (Å²) < 4.78 is 0. The molecule has 1 unspecified atom stereocenters. The van der Waals surface area contributed by atoms with E-state index in [9.17, 15) is 0 Å². The second-order valence-corrected chi connectivity index (χ2v) is 7.62. The number of benzene rings is 2. The first-order chi connectivity index (χ1) is 14.4. The third-order valence-corrected chi connectivity index (χ3v) is 5.65. The predicted molar refractivity (Wildman–Crippen MR) is 120 cm³/mol. The van der Waals surface area contributed by atoms with Gasteiger partial charge in [0.2, 0.25) is 0 Å². The Labute approximate surface area is 174 Å². The summed E-state index contributed by atoms with van der Waals surface area (Å²) in [6, 6.07) is 28.1. The van der Waals surface area contributed by atoms with E-state index < -0.39 is 0 Å². The maximum Gasteiger partial charge on any atom is 0.128 e. The standard InChI is InChI=1S/C25H30N4/c1-3-9-22(10-4-1)21-24(23-11-5-2-6-12-23)26-15-16-28-17-19-29(20-18-28)25-13-7-8-14-27-25/h1-14,24,26H,15-21H2. The normalized spacial score (nSPS) is 15.9. The van der Waals surface area contributed by atoms with Crippen LogP contribution >= 0.6 is 0 Å². The number of hydrogen-bond acceptors (Lipinski definition) is 4. The van der Waals surface area contributed by atoms with Gasteiger partial charge in [-0.15, -0.1) is 0 Å². The van der Waals surface area contributed by atoms with Gasteiger partial charge in [0, 0.05) is 51.5 Å². The molecule has 1 aliphatic rings. The molecule has 0 amide bonds. The van der Waals surface area contributed by atoms with E-state index in [0.29, 0.717) is 6.04 Å². The highest BCUT2D eigenvalue weighted by Crippen LogP contribution is 2.18. The fraction of sp³-hybridized carbons (Fsp3) is 0.320. The highest BCUT2D eigenvalue weighted by molar-refractivity contribution is 5.38. The lowest BCUT2D eigenvalue weighted by atomic mass is 9.99. The summed E-state index contributed by atoms with van der Waals surface area (Å²) in [4.78, 5) is 9.41. The van der Waals surface area contributed by atoms with Crippen LogP contribution in [-0.2, 0) is 6.42 Å². The minimum atomic E-state index is 0.341. The average Bonchev–Trinajstić information content (AvgIpc) is 2.81. The van der Waals surface area contributed by atoms with Gasteiger partial charge in [0.15, 0.2) is 0 Å². The fourth-order valence-electron chi connectivity index (χ4n) is 3.98. The summed E-state index contributed by atoms with van der Waals surface area (Å²) >= 11 is 0. The SMILES string of the molecule is c1ccc(CC(NCCN2CCN(c3ccccn3)CC2)c2ccccc2)cc1.